The Bertz CT molecular complexity index is 466. The average Bonchev–Trinajstić information content (AvgIpc) is 2.61. The van der Waals surface area contributed by atoms with Crippen LogP contribution in [0.5, 0.6) is 0 Å². The molecular weight excluding hydrogens is 302 g/mol. The molecule has 1 aromatic rings. The first-order valence-corrected chi connectivity index (χ1v) is 9.57. The van der Waals surface area contributed by atoms with Gasteiger partial charge < -0.3 is 4.74 Å². The molecule has 0 aromatic heterocycles. The second-order valence-electron chi connectivity index (χ2n) is 7.02. The van der Waals surface area contributed by atoms with Crippen molar-refractivity contribution in [3.8, 4) is 0 Å². The first kappa shape index (κ1) is 18.9. The summed E-state index contributed by atoms with van der Waals surface area (Å²) in [4.78, 5) is 10.3. The molecule has 134 valence electrons. The molecule has 1 aromatic carbocycles. The van der Waals surface area contributed by atoms with Gasteiger partial charge in [0.2, 0.25) is 0 Å². The summed E-state index contributed by atoms with van der Waals surface area (Å²) >= 11 is 0. The number of unbranched alkanes of at least 4 members (excludes halogenated alkanes) is 4. The molecule has 4 nitrogen and oxygen atoms in total. The van der Waals surface area contributed by atoms with Gasteiger partial charge in [0, 0.05) is 25.3 Å². The molecule has 1 fully saturated rings. The number of nitrogens with zero attached hydrogens (tertiary/aromatic N) is 1. The van der Waals surface area contributed by atoms with Crippen molar-refractivity contribution in [2.24, 2.45) is 5.92 Å². The Balaban J connectivity index is 1.41. The summed E-state index contributed by atoms with van der Waals surface area (Å²) in [6, 6.07) is 6.94. The van der Waals surface area contributed by atoms with E-state index in [-0.39, 0.29) is 10.6 Å². The summed E-state index contributed by atoms with van der Waals surface area (Å²) < 4.78 is 5.82. The smallest absolute Gasteiger partial charge is 0.269 e. The van der Waals surface area contributed by atoms with E-state index in [4.69, 9.17) is 4.74 Å². The van der Waals surface area contributed by atoms with Crippen molar-refractivity contribution in [3.05, 3.63) is 39.9 Å². The minimum absolute atomic E-state index is 0.173. The van der Waals surface area contributed by atoms with Gasteiger partial charge in [0.15, 0.2) is 0 Å². The highest BCUT2D eigenvalue weighted by molar-refractivity contribution is 5.32. The van der Waals surface area contributed by atoms with Gasteiger partial charge in [0.05, 0.1) is 4.92 Å². The lowest BCUT2D eigenvalue weighted by molar-refractivity contribution is -0.384. The largest absolute Gasteiger partial charge is 0.381 e. The maximum absolute atomic E-state index is 10.6. The summed E-state index contributed by atoms with van der Waals surface area (Å²) in [6.45, 7) is 1.89. The highest BCUT2D eigenvalue weighted by atomic mass is 16.6. The molecule has 0 aliphatic heterocycles. The van der Waals surface area contributed by atoms with Crippen LogP contribution < -0.4 is 0 Å². The van der Waals surface area contributed by atoms with E-state index in [1.165, 1.54) is 63.4 Å². The second kappa shape index (κ2) is 11.2. The van der Waals surface area contributed by atoms with Crippen LogP contribution in [0.15, 0.2) is 24.3 Å². The molecule has 0 atom stereocenters. The van der Waals surface area contributed by atoms with Crippen LogP contribution in [0.1, 0.15) is 69.8 Å². The first-order valence-electron chi connectivity index (χ1n) is 9.57. The molecule has 0 radical (unpaired) electrons. The SMILES string of the molecule is O=[N+]([O-])c1ccc(CCCCCCCOCC2CCCCC2)cc1. The number of nitro benzene ring substituents is 1. The van der Waals surface area contributed by atoms with Crippen molar-refractivity contribution in [1.82, 2.24) is 0 Å². The minimum atomic E-state index is -0.347. The van der Waals surface area contributed by atoms with Gasteiger partial charge in [0.1, 0.15) is 0 Å². The fraction of sp³-hybridized carbons (Fsp3) is 0.700. The third-order valence-electron chi connectivity index (χ3n) is 4.98. The number of aryl methyl sites for hydroxylation is 1. The molecule has 2 rings (SSSR count). The number of hydrogen-bond acceptors (Lipinski definition) is 3. The normalized spacial score (nSPS) is 15.5. The van der Waals surface area contributed by atoms with Gasteiger partial charge >= 0.3 is 0 Å². The molecule has 4 heteroatoms. The number of benzene rings is 1. The quantitative estimate of drug-likeness (QED) is 0.297. The topological polar surface area (TPSA) is 52.4 Å². The zero-order valence-electron chi connectivity index (χ0n) is 14.8. The zero-order valence-corrected chi connectivity index (χ0v) is 14.8. The van der Waals surface area contributed by atoms with E-state index in [0.29, 0.717) is 0 Å². The van der Waals surface area contributed by atoms with Crippen LogP contribution >= 0.6 is 0 Å². The third-order valence-corrected chi connectivity index (χ3v) is 4.98. The number of ether oxygens (including phenoxy) is 1. The fourth-order valence-corrected chi connectivity index (χ4v) is 3.45. The van der Waals surface area contributed by atoms with Gasteiger partial charge in [-0.2, -0.15) is 0 Å². The number of hydrogen-bond donors (Lipinski definition) is 0. The van der Waals surface area contributed by atoms with Gasteiger partial charge in [-0.05, 0) is 43.6 Å². The van der Waals surface area contributed by atoms with Crippen LogP contribution in [0, 0.1) is 16.0 Å². The molecular formula is C20H31NO3. The van der Waals surface area contributed by atoms with Crippen LogP contribution in [0.3, 0.4) is 0 Å². The summed E-state index contributed by atoms with van der Waals surface area (Å²) in [5.41, 5.74) is 1.36. The molecule has 0 heterocycles. The summed E-state index contributed by atoms with van der Waals surface area (Å²) in [6.07, 6.45) is 14.0. The van der Waals surface area contributed by atoms with Crippen molar-refractivity contribution in [2.45, 2.75) is 70.6 Å². The Morgan fingerprint density at radius 1 is 0.958 bits per heavy atom. The lowest BCUT2D eigenvalue weighted by Gasteiger charge is -2.21. The number of non-ortho nitro benzene ring substituents is 1. The van der Waals surface area contributed by atoms with E-state index >= 15 is 0 Å². The fourth-order valence-electron chi connectivity index (χ4n) is 3.45. The molecule has 0 unspecified atom stereocenters. The Kier molecular flexibility index (Phi) is 8.82. The maximum atomic E-state index is 10.6. The Morgan fingerprint density at radius 3 is 2.33 bits per heavy atom. The first-order chi connectivity index (χ1) is 11.8. The second-order valence-corrected chi connectivity index (χ2v) is 7.02. The monoisotopic (exact) mass is 333 g/mol. The molecule has 0 bridgehead atoms. The van der Waals surface area contributed by atoms with Gasteiger partial charge in [-0.3, -0.25) is 10.1 Å². The number of nitro groups is 1. The van der Waals surface area contributed by atoms with E-state index < -0.39 is 0 Å². The van der Waals surface area contributed by atoms with Crippen molar-refractivity contribution >= 4 is 5.69 Å². The molecule has 0 saturated heterocycles. The van der Waals surface area contributed by atoms with Crippen molar-refractivity contribution in [3.63, 3.8) is 0 Å². The lowest BCUT2D eigenvalue weighted by Crippen LogP contribution is -2.13. The van der Waals surface area contributed by atoms with Gasteiger partial charge in [-0.1, -0.05) is 50.7 Å². The van der Waals surface area contributed by atoms with E-state index in [0.717, 1.165) is 32.0 Å². The van der Waals surface area contributed by atoms with Crippen LogP contribution in [0.4, 0.5) is 5.69 Å². The van der Waals surface area contributed by atoms with Gasteiger partial charge in [-0.15, -0.1) is 0 Å². The third kappa shape index (κ3) is 7.43. The molecule has 24 heavy (non-hydrogen) atoms. The molecule has 1 aliphatic carbocycles. The number of rotatable bonds is 11. The Morgan fingerprint density at radius 2 is 1.62 bits per heavy atom. The van der Waals surface area contributed by atoms with Gasteiger partial charge in [-0.25, -0.2) is 0 Å². The molecule has 0 spiro atoms. The zero-order chi connectivity index (χ0) is 17.0. The van der Waals surface area contributed by atoms with Crippen molar-refractivity contribution in [2.75, 3.05) is 13.2 Å². The van der Waals surface area contributed by atoms with Gasteiger partial charge in [0.25, 0.3) is 5.69 Å². The highest BCUT2D eigenvalue weighted by Gasteiger charge is 2.12. The van der Waals surface area contributed by atoms with E-state index in [1.807, 2.05) is 12.1 Å². The van der Waals surface area contributed by atoms with E-state index in [9.17, 15) is 10.1 Å². The molecule has 1 saturated carbocycles. The Hall–Kier alpha value is -1.42. The lowest BCUT2D eigenvalue weighted by atomic mass is 9.90. The van der Waals surface area contributed by atoms with E-state index in [2.05, 4.69) is 0 Å². The average molecular weight is 333 g/mol. The van der Waals surface area contributed by atoms with Crippen molar-refractivity contribution in [1.29, 1.82) is 0 Å². The molecule has 0 amide bonds. The standard InChI is InChI=1S/C20H31NO3/c22-21(23)20-14-12-18(13-15-20)9-5-2-1-3-8-16-24-17-19-10-6-4-7-11-19/h12-15,19H,1-11,16-17H2. The minimum Gasteiger partial charge on any atom is -0.381 e. The highest BCUT2D eigenvalue weighted by Crippen LogP contribution is 2.23. The summed E-state index contributed by atoms with van der Waals surface area (Å²) in [5.74, 6) is 0.820. The predicted octanol–water partition coefficient (Wildman–Crippen LogP) is 5.68. The van der Waals surface area contributed by atoms with Crippen LogP contribution in [-0.4, -0.2) is 18.1 Å². The predicted molar refractivity (Wildman–Crippen MR) is 97.3 cm³/mol. The Labute approximate surface area is 145 Å². The van der Waals surface area contributed by atoms with Crippen LogP contribution in [0.2, 0.25) is 0 Å². The van der Waals surface area contributed by atoms with Crippen LogP contribution in [0.25, 0.3) is 0 Å². The van der Waals surface area contributed by atoms with E-state index in [1.54, 1.807) is 12.1 Å². The molecule has 1 aliphatic rings. The molecule has 0 N–H and O–H groups in total. The summed E-state index contributed by atoms with van der Waals surface area (Å²) in [5, 5.41) is 10.6. The summed E-state index contributed by atoms with van der Waals surface area (Å²) in [7, 11) is 0. The van der Waals surface area contributed by atoms with Crippen LogP contribution in [-0.2, 0) is 11.2 Å². The maximum Gasteiger partial charge on any atom is 0.269 e. The van der Waals surface area contributed by atoms with Crippen molar-refractivity contribution < 1.29 is 9.66 Å².